The van der Waals surface area contributed by atoms with Crippen molar-refractivity contribution < 1.29 is 9.53 Å². The quantitative estimate of drug-likeness (QED) is 0.669. The summed E-state index contributed by atoms with van der Waals surface area (Å²) in [5.41, 5.74) is 3.36. The van der Waals surface area contributed by atoms with Crippen molar-refractivity contribution in [2.75, 3.05) is 38.0 Å². The lowest BCUT2D eigenvalue weighted by Crippen LogP contribution is -2.24. The molecule has 0 fully saturated rings. The Labute approximate surface area is 116 Å². The van der Waals surface area contributed by atoms with Crippen LogP contribution < -0.4 is 10.2 Å². The summed E-state index contributed by atoms with van der Waals surface area (Å²) in [6.45, 7) is 2.56. The number of rotatable bonds is 5. The van der Waals surface area contributed by atoms with Crippen LogP contribution in [0.25, 0.3) is 0 Å². The molecule has 4 nitrogen and oxygen atoms in total. The summed E-state index contributed by atoms with van der Waals surface area (Å²) in [4.78, 5) is 13.0. The first kappa shape index (κ1) is 14.8. The highest BCUT2D eigenvalue weighted by molar-refractivity contribution is 9.10. The highest BCUT2D eigenvalue weighted by atomic mass is 79.9. The van der Waals surface area contributed by atoms with E-state index in [1.807, 2.05) is 20.2 Å². The molecule has 1 aromatic carbocycles. The molecule has 0 saturated heterocycles. The molecule has 0 amide bonds. The van der Waals surface area contributed by atoms with Crippen molar-refractivity contribution in [2.45, 2.75) is 11.8 Å². The van der Waals surface area contributed by atoms with Crippen LogP contribution >= 0.6 is 15.9 Å². The van der Waals surface area contributed by atoms with Gasteiger partial charge in [-0.1, -0.05) is 22.0 Å². The number of carbonyl (C=O) groups is 1. The van der Waals surface area contributed by atoms with E-state index >= 15 is 0 Å². The second-order valence-corrected chi connectivity index (χ2v) is 5.37. The summed E-state index contributed by atoms with van der Waals surface area (Å²) in [6, 6.07) is 6.12. The van der Waals surface area contributed by atoms with E-state index in [0.717, 1.165) is 11.4 Å². The summed E-state index contributed by atoms with van der Waals surface area (Å²) in [7, 11) is 5.40. The van der Waals surface area contributed by atoms with Crippen molar-refractivity contribution in [1.29, 1.82) is 0 Å². The maximum atomic E-state index is 11.2. The van der Waals surface area contributed by atoms with Crippen LogP contribution in [-0.4, -0.2) is 38.5 Å². The molecule has 0 saturated carbocycles. The predicted octanol–water partition coefficient (Wildman–Crippen LogP) is 2.41. The van der Waals surface area contributed by atoms with Crippen molar-refractivity contribution in [3.05, 3.63) is 23.8 Å². The lowest BCUT2D eigenvalue weighted by atomic mass is 10.1. The average molecular weight is 315 g/mol. The van der Waals surface area contributed by atoms with Gasteiger partial charge in [0.15, 0.2) is 0 Å². The van der Waals surface area contributed by atoms with Crippen LogP contribution in [0.4, 0.5) is 11.4 Å². The molecule has 0 aliphatic heterocycles. The number of nitrogens with zero attached hydrogens (tertiary/aromatic N) is 1. The molecular formula is C13H19BrN2O2. The number of nitrogens with one attached hydrogen (secondary N) is 1. The normalized spacial score (nSPS) is 11.8. The Bertz CT molecular complexity index is 421. The zero-order valence-corrected chi connectivity index (χ0v) is 12.7. The van der Waals surface area contributed by atoms with Gasteiger partial charge in [-0.3, -0.25) is 4.79 Å². The minimum atomic E-state index is -0.341. The van der Waals surface area contributed by atoms with Crippen LogP contribution in [-0.2, 0) is 9.53 Å². The molecule has 1 rings (SSSR count). The lowest BCUT2D eigenvalue weighted by molar-refractivity contribution is -0.139. The molecule has 5 heteroatoms. The molecule has 0 spiro atoms. The van der Waals surface area contributed by atoms with Crippen molar-refractivity contribution in [3.63, 3.8) is 0 Å². The van der Waals surface area contributed by atoms with Gasteiger partial charge in [0.05, 0.1) is 7.11 Å². The fourth-order valence-electron chi connectivity index (χ4n) is 1.62. The Balaban J connectivity index is 2.68. The van der Waals surface area contributed by atoms with Crippen molar-refractivity contribution >= 4 is 33.3 Å². The number of anilines is 2. The number of alkyl halides is 1. The van der Waals surface area contributed by atoms with Crippen LogP contribution in [0.1, 0.15) is 5.56 Å². The molecule has 1 aromatic rings. The molecule has 1 atom stereocenters. The van der Waals surface area contributed by atoms with E-state index in [2.05, 4.69) is 49.9 Å². The maximum Gasteiger partial charge on any atom is 0.321 e. The second-order valence-electron chi connectivity index (χ2n) is 4.27. The van der Waals surface area contributed by atoms with Crippen molar-refractivity contribution in [1.82, 2.24) is 0 Å². The first-order valence-corrected chi connectivity index (χ1v) is 6.61. The van der Waals surface area contributed by atoms with E-state index in [4.69, 9.17) is 0 Å². The SMILES string of the molecule is COC(=O)C(Br)CNc1ccc(C)c(N(C)C)c1. The third-order valence-corrected chi connectivity index (χ3v) is 3.33. The van der Waals surface area contributed by atoms with Crippen LogP contribution in [0.15, 0.2) is 18.2 Å². The van der Waals surface area contributed by atoms with E-state index in [9.17, 15) is 4.79 Å². The van der Waals surface area contributed by atoms with E-state index in [1.165, 1.54) is 12.7 Å². The van der Waals surface area contributed by atoms with Gasteiger partial charge in [0.1, 0.15) is 4.83 Å². The van der Waals surface area contributed by atoms with E-state index in [1.54, 1.807) is 0 Å². The van der Waals surface area contributed by atoms with E-state index < -0.39 is 0 Å². The van der Waals surface area contributed by atoms with Gasteiger partial charge in [0, 0.05) is 32.0 Å². The van der Waals surface area contributed by atoms with Crippen LogP contribution in [0.2, 0.25) is 0 Å². The minimum Gasteiger partial charge on any atom is -0.468 e. The van der Waals surface area contributed by atoms with Crippen LogP contribution in [0, 0.1) is 6.92 Å². The molecule has 0 aliphatic carbocycles. The summed E-state index contributed by atoms with van der Waals surface area (Å²) >= 11 is 3.28. The highest BCUT2D eigenvalue weighted by Crippen LogP contribution is 2.22. The van der Waals surface area contributed by atoms with Crippen molar-refractivity contribution in [2.24, 2.45) is 0 Å². The maximum absolute atomic E-state index is 11.2. The first-order valence-electron chi connectivity index (χ1n) is 5.69. The number of benzene rings is 1. The Morgan fingerprint density at radius 2 is 2.17 bits per heavy atom. The van der Waals surface area contributed by atoms with Crippen molar-refractivity contribution in [3.8, 4) is 0 Å². The third-order valence-electron chi connectivity index (χ3n) is 2.63. The van der Waals surface area contributed by atoms with E-state index in [0.29, 0.717) is 6.54 Å². The minimum absolute atomic E-state index is 0.276. The lowest BCUT2D eigenvalue weighted by Gasteiger charge is -2.18. The zero-order chi connectivity index (χ0) is 13.7. The Morgan fingerprint density at radius 3 is 2.72 bits per heavy atom. The third kappa shape index (κ3) is 3.91. The number of aryl methyl sites for hydroxylation is 1. The monoisotopic (exact) mass is 314 g/mol. The number of halogens is 1. The molecular weight excluding hydrogens is 296 g/mol. The topological polar surface area (TPSA) is 41.6 Å². The number of esters is 1. The van der Waals surface area contributed by atoms with Crippen LogP contribution in [0.3, 0.4) is 0 Å². The van der Waals surface area contributed by atoms with Gasteiger partial charge >= 0.3 is 5.97 Å². The van der Waals surface area contributed by atoms with Gasteiger partial charge in [-0.05, 0) is 24.6 Å². The molecule has 1 unspecified atom stereocenters. The largest absolute Gasteiger partial charge is 0.468 e. The Morgan fingerprint density at radius 1 is 1.50 bits per heavy atom. The molecule has 100 valence electrons. The molecule has 0 bridgehead atoms. The molecule has 0 heterocycles. The van der Waals surface area contributed by atoms with Gasteiger partial charge in [0.2, 0.25) is 0 Å². The number of hydrogen-bond acceptors (Lipinski definition) is 4. The predicted molar refractivity (Wildman–Crippen MR) is 78.7 cm³/mol. The molecule has 0 aromatic heterocycles. The second kappa shape index (κ2) is 6.64. The average Bonchev–Trinajstić information content (AvgIpc) is 2.36. The van der Waals surface area contributed by atoms with E-state index in [-0.39, 0.29) is 10.8 Å². The molecule has 0 radical (unpaired) electrons. The van der Waals surface area contributed by atoms with Gasteiger partial charge in [-0.15, -0.1) is 0 Å². The first-order chi connectivity index (χ1) is 8.45. The smallest absolute Gasteiger partial charge is 0.321 e. The number of ether oxygens (including phenoxy) is 1. The van der Waals surface area contributed by atoms with Gasteiger partial charge in [0.25, 0.3) is 0 Å². The summed E-state index contributed by atoms with van der Waals surface area (Å²) in [6.07, 6.45) is 0. The molecule has 0 aliphatic rings. The Hall–Kier alpha value is -1.23. The molecule has 1 N–H and O–H groups in total. The Kier molecular flexibility index (Phi) is 5.47. The van der Waals surface area contributed by atoms with Gasteiger partial charge in [-0.25, -0.2) is 0 Å². The van der Waals surface area contributed by atoms with Gasteiger partial charge in [-0.2, -0.15) is 0 Å². The number of hydrogen-bond donors (Lipinski definition) is 1. The zero-order valence-electron chi connectivity index (χ0n) is 11.2. The molecule has 18 heavy (non-hydrogen) atoms. The fourth-order valence-corrected chi connectivity index (χ4v) is 1.97. The number of methoxy groups -OCH3 is 1. The standard InChI is InChI=1S/C13H19BrN2O2/c1-9-5-6-10(7-12(9)16(2)3)15-8-11(14)13(17)18-4/h5-7,11,15H,8H2,1-4H3. The highest BCUT2D eigenvalue weighted by Gasteiger charge is 2.14. The summed E-state index contributed by atoms with van der Waals surface area (Å²) < 4.78 is 4.65. The van der Waals surface area contributed by atoms with Crippen LogP contribution in [0.5, 0.6) is 0 Å². The summed E-state index contributed by atoms with van der Waals surface area (Å²) in [5, 5.41) is 3.21. The fraction of sp³-hybridized carbons (Fsp3) is 0.462. The summed E-state index contributed by atoms with van der Waals surface area (Å²) in [5.74, 6) is -0.276. The van der Waals surface area contributed by atoms with Gasteiger partial charge < -0.3 is 15.0 Å². The number of carbonyl (C=O) groups excluding carboxylic acids is 1.